The van der Waals surface area contributed by atoms with Crippen LogP contribution >= 0.6 is 0 Å². The van der Waals surface area contributed by atoms with E-state index in [1.165, 1.54) is 13.1 Å². The minimum absolute atomic E-state index is 0.110. The van der Waals surface area contributed by atoms with Gasteiger partial charge < -0.3 is 5.32 Å². The van der Waals surface area contributed by atoms with Crippen LogP contribution in [0.15, 0.2) is 41.4 Å². The number of rotatable bonds is 6. The molecule has 0 bridgehead atoms. The van der Waals surface area contributed by atoms with E-state index in [9.17, 15) is 13.2 Å². The smallest absolute Gasteiger partial charge is 0.251 e. The standard InChI is InChI=1S/C18H21N5O3S/c1-12-10-14(11-15(13(12)2)27(25,26)19-3)18(24)20-8-7-17-22-21-16-6-4-5-9-23(16)17/h4-6,9-11,19H,7-8H2,1-3H3,(H,20,24). The molecular weight excluding hydrogens is 366 g/mol. The summed E-state index contributed by atoms with van der Waals surface area (Å²) in [6.07, 6.45) is 2.37. The van der Waals surface area contributed by atoms with E-state index in [4.69, 9.17) is 0 Å². The molecule has 8 nitrogen and oxygen atoms in total. The molecule has 2 aromatic heterocycles. The van der Waals surface area contributed by atoms with Gasteiger partial charge in [0.25, 0.3) is 5.91 Å². The predicted molar refractivity (Wildman–Crippen MR) is 101 cm³/mol. The van der Waals surface area contributed by atoms with E-state index in [0.29, 0.717) is 24.1 Å². The average molecular weight is 387 g/mol. The Bertz CT molecular complexity index is 1110. The number of hydrogen-bond donors (Lipinski definition) is 2. The minimum atomic E-state index is -3.64. The Morgan fingerprint density at radius 1 is 1.19 bits per heavy atom. The highest BCUT2D eigenvalue weighted by molar-refractivity contribution is 7.89. The number of amides is 1. The van der Waals surface area contributed by atoms with Gasteiger partial charge in [-0.2, -0.15) is 0 Å². The van der Waals surface area contributed by atoms with Crippen LogP contribution < -0.4 is 10.0 Å². The molecule has 27 heavy (non-hydrogen) atoms. The highest BCUT2D eigenvalue weighted by Crippen LogP contribution is 2.21. The van der Waals surface area contributed by atoms with Crippen LogP contribution in [-0.2, 0) is 16.4 Å². The van der Waals surface area contributed by atoms with Gasteiger partial charge in [0.1, 0.15) is 5.82 Å². The first-order chi connectivity index (χ1) is 12.8. The molecule has 9 heteroatoms. The van der Waals surface area contributed by atoms with Gasteiger partial charge in [-0.15, -0.1) is 10.2 Å². The first-order valence-corrected chi connectivity index (χ1v) is 9.93. The van der Waals surface area contributed by atoms with Gasteiger partial charge in [0.2, 0.25) is 10.0 Å². The molecular formula is C18H21N5O3S. The second-order valence-corrected chi connectivity index (χ2v) is 8.03. The molecule has 1 amide bonds. The number of pyridine rings is 1. The molecule has 0 radical (unpaired) electrons. The second kappa shape index (κ2) is 7.45. The van der Waals surface area contributed by atoms with Crippen molar-refractivity contribution in [2.45, 2.75) is 25.2 Å². The Balaban J connectivity index is 1.75. The molecule has 0 spiro atoms. The van der Waals surface area contributed by atoms with Gasteiger partial charge in [0, 0.05) is 24.7 Å². The maximum absolute atomic E-state index is 12.5. The fourth-order valence-corrected chi connectivity index (χ4v) is 3.86. The van der Waals surface area contributed by atoms with Crippen LogP contribution in [0.25, 0.3) is 5.65 Å². The van der Waals surface area contributed by atoms with E-state index in [-0.39, 0.29) is 10.8 Å². The summed E-state index contributed by atoms with van der Waals surface area (Å²) < 4.78 is 28.5. The molecule has 0 saturated carbocycles. The number of aryl methyl sites for hydroxylation is 1. The predicted octanol–water partition coefficient (Wildman–Crippen LogP) is 1.23. The van der Waals surface area contributed by atoms with Crippen molar-refractivity contribution in [1.82, 2.24) is 24.6 Å². The molecule has 2 N–H and O–H groups in total. The number of sulfonamides is 1. The number of aromatic nitrogens is 3. The monoisotopic (exact) mass is 387 g/mol. The minimum Gasteiger partial charge on any atom is -0.352 e. The maximum atomic E-state index is 12.5. The molecule has 0 unspecified atom stereocenters. The highest BCUT2D eigenvalue weighted by atomic mass is 32.2. The zero-order chi connectivity index (χ0) is 19.6. The van der Waals surface area contributed by atoms with Gasteiger partial charge in [-0.3, -0.25) is 9.20 Å². The first kappa shape index (κ1) is 19.0. The first-order valence-electron chi connectivity index (χ1n) is 8.45. The maximum Gasteiger partial charge on any atom is 0.251 e. The number of benzene rings is 1. The topological polar surface area (TPSA) is 105 Å². The summed E-state index contributed by atoms with van der Waals surface area (Å²) in [5, 5.41) is 11.0. The fourth-order valence-electron chi connectivity index (χ4n) is 2.80. The van der Waals surface area contributed by atoms with E-state index in [1.807, 2.05) is 28.8 Å². The van der Waals surface area contributed by atoms with Crippen LogP contribution in [0.1, 0.15) is 27.3 Å². The van der Waals surface area contributed by atoms with E-state index in [0.717, 1.165) is 17.0 Å². The summed E-state index contributed by atoms with van der Waals surface area (Å²) in [5.41, 5.74) is 2.41. The Kier molecular flexibility index (Phi) is 5.24. The van der Waals surface area contributed by atoms with Gasteiger partial charge in [-0.25, -0.2) is 13.1 Å². The van der Waals surface area contributed by atoms with Crippen LogP contribution in [0.4, 0.5) is 0 Å². The van der Waals surface area contributed by atoms with Crippen molar-refractivity contribution in [2.75, 3.05) is 13.6 Å². The lowest BCUT2D eigenvalue weighted by Gasteiger charge is -2.12. The van der Waals surface area contributed by atoms with Crippen molar-refractivity contribution < 1.29 is 13.2 Å². The molecule has 0 aliphatic rings. The van der Waals surface area contributed by atoms with Crippen LogP contribution in [0, 0.1) is 13.8 Å². The summed E-state index contributed by atoms with van der Waals surface area (Å²) >= 11 is 0. The molecule has 3 rings (SSSR count). The summed E-state index contributed by atoms with van der Waals surface area (Å²) in [6, 6.07) is 8.71. The number of nitrogens with one attached hydrogen (secondary N) is 2. The average Bonchev–Trinajstić information content (AvgIpc) is 3.07. The lowest BCUT2D eigenvalue weighted by Crippen LogP contribution is -2.27. The second-order valence-electron chi connectivity index (χ2n) is 6.17. The number of nitrogens with zero attached hydrogens (tertiary/aromatic N) is 3. The number of fused-ring (bicyclic) bond motifs is 1. The van der Waals surface area contributed by atoms with Gasteiger partial charge in [-0.1, -0.05) is 6.07 Å². The molecule has 1 aromatic carbocycles. The van der Waals surface area contributed by atoms with E-state index >= 15 is 0 Å². The Hall–Kier alpha value is -2.78. The molecule has 0 fully saturated rings. The van der Waals surface area contributed by atoms with Crippen molar-refractivity contribution in [3.8, 4) is 0 Å². The van der Waals surface area contributed by atoms with Crippen molar-refractivity contribution >= 4 is 21.6 Å². The lowest BCUT2D eigenvalue weighted by molar-refractivity contribution is 0.0953. The third-order valence-corrected chi connectivity index (χ3v) is 6.00. The molecule has 3 aromatic rings. The molecule has 0 saturated heterocycles. The molecule has 0 aliphatic carbocycles. The normalized spacial score (nSPS) is 11.7. The van der Waals surface area contributed by atoms with Crippen molar-refractivity contribution in [1.29, 1.82) is 0 Å². The van der Waals surface area contributed by atoms with Crippen molar-refractivity contribution in [3.05, 3.63) is 59.0 Å². The summed E-state index contributed by atoms with van der Waals surface area (Å²) in [4.78, 5) is 12.6. The van der Waals surface area contributed by atoms with Crippen LogP contribution in [0.2, 0.25) is 0 Å². The summed E-state index contributed by atoms with van der Waals surface area (Å²) in [7, 11) is -2.29. The van der Waals surface area contributed by atoms with Crippen molar-refractivity contribution in [2.24, 2.45) is 0 Å². The third-order valence-electron chi connectivity index (χ3n) is 4.46. The highest BCUT2D eigenvalue weighted by Gasteiger charge is 2.19. The van der Waals surface area contributed by atoms with E-state index < -0.39 is 10.0 Å². The third kappa shape index (κ3) is 3.83. The largest absolute Gasteiger partial charge is 0.352 e. The lowest BCUT2D eigenvalue weighted by atomic mass is 10.1. The van der Waals surface area contributed by atoms with Gasteiger partial charge in [-0.05, 0) is 56.3 Å². The van der Waals surface area contributed by atoms with Gasteiger partial charge >= 0.3 is 0 Å². The Morgan fingerprint density at radius 3 is 2.70 bits per heavy atom. The van der Waals surface area contributed by atoms with Crippen LogP contribution in [0.3, 0.4) is 0 Å². The van der Waals surface area contributed by atoms with Crippen LogP contribution in [0.5, 0.6) is 0 Å². The number of carbonyl (C=O) groups is 1. The van der Waals surface area contributed by atoms with E-state index in [1.54, 1.807) is 19.9 Å². The van der Waals surface area contributed by atoms with Crippen LogP contribution in [-0.4, -0.2) is 42.5 Å². The SMILES string of the molecule is CNS(=O)(=O)c1cc(C(=O)NCCc2nnc3ccccn23)cc(C)c1C. The summed E-state index contributed by atoms with van der Waals surface area (Å²) in [5.74, 6) is 0.406. The van der Waals surface area contributed by atoms with E-state index in [2.05, 4.69) is 20.2 Å². The quantitative estimate of drug-likeness (QED) is 0.662. The van der Waals surface area contributed by atoms with Gasteiger partial charge in [0.15, 0.2) is 5.65 Å². The number of carbonyl (C=O) groups excluding carboxylic acids is 1. The Labute approximate surface area is 157 Å². The fraction of sp³-hybridized carbons (Fsp3) is 0.278. The zero-order valence-electron chi connectivity index (χ0n) is 15.4. The molecule has 0 aliphatic heterocycles. The Morgan fingerprint density at radius 2 is 1.96 bits per heavy atom. The number of hydrogen-bond acceptors (Lipinski definition) is 5. The van der Waals surface area contributed by atoms with Crippen molar-refractivity contribution in [3.63, 3.8) is 0 Å². The van der Waals surface area contributed by atoms with Gasteiger partial charge in [0.05, 0.1) is 4.90 Å². The zero-order valence-corrected chi connectivity index (χ0v) is 16.2. The molecule has 142 valence electrons. The molecule has 2 heterocycles. The molecule has 0 atom stereocenters. The summed E-state index contributed by atoms with van der Waals surface area (Å²) in [6.45, 7) is 3.86.